The van der Waals surface area contributed by atoms with E-state index in [4.69, 9.17) is 16.3 Å². The summed E-state index contributed by atoms with van der Waals surface area (Å²) >= 11 is 5.71. The minimum absolute atomic E-state index is 0.116. The summed E-state index contributed by atoms with van der Waals surface area (Å²) in [5, 5.41) is 4.89. The molecule has 0 aliphatic rings. The molecule has 0 saturated carbocycles. The van der Waals surface area contributed by atoms with Crippen molar-refractivity contribution in [3.05, 3.63) is 64.9 Å². The Morgan fingerprint density at radius 2 is 1.77 bits per heavy atom. The van der Waals surface area contributed by atoms with E-state index >= 15 is 0 Å². The highest BCUT2D eigenvalue weighted by Gasteiger charge is 2.12. The zero-order valence-corrected chi connectivity index (χ0v) is 14.4. The minimum Gasteiger partial charge on any atom is -0.454 e. The normalized spacial score (nSPS) is 10.1. The summed E-state index contributed by atoms with van der Waals surface area (Å²) < 4.78 is 18.2. The molecule has 0 saturated heterocycles. The van der Waals surface area contributed by atoms with Gasteiger partial charge in [-0.3, -0.25) is 14.4 Å². The molecule has 0 aromatic heterocycles. The number of hydrogen-bond acceptors (Lipinski definition) is 4. The van der Waals surface area contributed by atoms with Gasteiger partial charge in [-0.25, -0.2) is 4.39 Å². The Bertz CT molecular complexity index is 799. The Hall–Kier alpha value is -2.93. The van der Waals surface area contributed by atoms with Gasteiger partial charge in [-0.2, -0.15) is 0 Å². The Balaban J connectivity index is 1.70. The zero-order valence-electron chi connectivity index (χ0n) is 13.6. The lowest BCUT2D eigenvalue weighted by atomic mass is 10.1. The van der Waals surface area contributed by atoms with E-state index in [1.54, 1.807) is 24.3 Å². The van der Waals surface area contributed by atoms with Gasteiger partial charge in [0.05, 0.1) is 12.1 Å². The van der Waals surface area contributed by atoms with Crippen LogP contribution in [0.4, 0.5) is 10.1 Å². The summed E-state index contributed by atoms with van der Waals surface area (Å²) in [7, 11) is 0. The molecule has 2 N–H and O–H groups in total. The first-order valence-electron chi connectivity index (χ1n) is 7.65. The molecule has 0 unspecified atom stereocenters. The van der Waals surface area contributed by atoms with Crippen LogP contribution in [0.25, 0.3) is 0 Å². The minimum atomic E-state index is -0.784. The molecule has 2 amide bonds. The molecule has 6 nitrogen and oxygen atoms in total. The van der Waals surface area contributed by atoms with Crippen LogP contribution in [0.1, 0.15) is 5.56 Å². The van der Waals surface area contributed by atoms with Crippen molar-refractivity contribution in [1.29, 1.82) is 0 Å². The molecule has 0 heterocycles. The summed E-state index contributed by atoms with van der Waals surface area (Å²) in [5.41, 5.74) is 0.691. The molecule has 2 aromatic rings. The number of benzene rings is 2. The predicted octanol–water partition coefficient (Wildman–Crippen LogP) is 2.32. The highest BCUT2D eigenvalue weighted by atomic mass is 35.5. The van der Waals surface area contributed by atoms with Crippen LogP contribution in [0, 0.1) is 5.82 Å². The summed E-state index contributed by atoms with van der Waals surface area (Å²) in [6.45, 7) is -0.982. The number of amides is 2. The first-order valence-corrected chi connectivity index (χ1v) is 8.03. The van der Waals surface area contributed by atoms with Crippen LogP contribution in [0.15, 0.2) is 48.5 Å². The molecule has 26 heavy (non-hydrogen) atoms. The van der Waals surface area contributed by atoms with Crippen LogP contribution in [-0.2, 0) is 25.5 Å². The maximum Gasteiger partial charge on any atom is 0.325 e. The van der Waals surface area contributed by atoms with E-state index < -0.39 is 24.3 Å². The van der Waals surface area contributed by atoms with Crippen LogP contribution < -0.4 is 10.6 Å². The smallest absolute Gasteiger partial charge is 0.325 e. The second kappa shape index (κ2) is 9.53. The second-order valence-electron chi connectivity index (χ2n) is 5.27. The molecule has 0 fully saturated rings. The summed E-state index contributed by atoms with van der Waals surface area (Å²) in [6.07, 6.45) is 0.128. The number of esters is 1. The average Bonchev–Trinajstić information content (AvgIpc) is 2.62. The molecule has 8 heteroatoms. The van der Waals surface area contributed by atoms with Crippen LogP contribution >= 0.6 is 11.6 Å². The van der Waals surface area contributed by atoms with Gasteiger partial charge in [0.1, 0.15) is 12.4 Å². The number of hydrogen-bond donors (Lipinski definition) is 2. The Kier molecular flexibility index (Phi) is 7.11. The van der Waals surface area contributed by atoms with E-state index in [1.165, 1.54) is 12.1 Å². The van der Waals surface area contributed by atoms with Gasteiger partial charge < -0.3 is 15.4 Å². The second-order valence-corrected chi connectivity index (χ2v) is 5.71. The largest absolute Gasteiger partial charge is 0.454 e. The van der Waals surface area contributed by atoms with Gasteiger partial charge in [-0.15, -0.1) is 0 Å². The van der Waals surface area contributed by atoms with Crippen molar-refractivity contribution in [2.45, 2.75) is 6.42 Å². The van der Waals surface area contributed by atoms with Gasteiger partial charge in [0.15, 0.2) is 6.61 Å². The number of rotatable bonds is 7. The van der Waals surface area contributed by atoms with Gasteiger partial charge in [0.2, 0.25) is 5.91 Å². The fraction of sp³-hybridized carbons (Fsp3) is 0.167. The third-order valence-electron chi connectivity index (χ3n) is 3.20. The molecular formula is C18H16ClFN2O4. The maximum atomic E-state index is 13.5. The van der Waals surface area contributed by atoms with Crippen molar-refractivity contribution in [1.82, 2.24) is 5.32 Å². The zero-order chi connectivity index (χ0) is 18.9. The fourth-order valence-electron chi connectivity index (χ4n) is 1.99. The van der Waals surface area contributed by atoms with E-state index in [9.17, 15) is 18.8 Å². The Labute approximate surface area is 154 Å². The van der Waals surface area contributed by atoms with Gasteiger partial charge in [0, 0.05) is 5.02 Å². The molecule has 0 aliphatic carbocycles. The standard InChI is InChI=1S/C18H16ClFN2O4/c19-13-6-7-14(20)15(9-13)22-17(24)11-26-18(25)10-21-16(23)8-12-4-2-1-3-5-12/h1-7,9H,8,10-11H2,(H,21,23)(H,22,24). The van der Waals surface area contributed by atoms with Crippen molar-refractivity contribution in [3.8, 4) is 0 Å². The molecule has 0 aliphatic heterocycles. The lowest BCUT2D eigenvalue weighted by Crippen LogP contribution is -2.33. The molecule has 0 radical (unpaired) electrons. The first-order chi connectivity index (χ1) is 12.4. The van der Waals surface area contributed by atoms with E-state index in [1.807, 2.05) is 6.07 Å². The number of halogens is 2. The van der Waals surface area contributed by atoms with Crippen LogP contribution in [0.5, 0.6) is 0 Å². The van der Waals surface area contributed by atoms with Crippen LogP contribution in [-0.4, -0.2) is 30.9 Å². The van der Waals surface area contributed by atoms with Gasteiger partial charge >= 0.3 is 5.97 Å². The number of ether oxygens (including phenoxy) is 1. The van der Waals surface area contributed by atoms with Gasteiger partial charge in [0.25, 0.3) is 5.91 Å². The van der Waals surface area contributed by atoms with Crippen LogP contribution in [0.3, 0.4) is 0 Å². The van der Waals surface area contributed by atoms with Crippen LogP contribution in [0.2, 0.25) is 5.02 Å². The molecule has 0 bridgehead atoms. The van der Waals surface area contributed by atoms with Crippen molar-refractivity contribution in [2.75, 3.05) is 18.5 Å². The molecular weight excluding hydrogens is 363 g/mol. The molecule has 0 spiro atoms. The first kappa shape index (κ1) is 19.4. The monoisotopic (exact) mass is 378 g/mol. The van der Waals surface area contributed by atoms with Crippen molar-refractivity contribution in [3.63, 3.8) is 0 Å². The van der Waals surface area contributed by atoms with Gasteiger partial charge in [-0.1, -0.05) is 41.9 Å². The van der Waals surface area contributed by atoms with Crippen molar-refractivity contribution >= 4 is 35.1 Å². The fourth-order valence-corrected chi connectivity index (χ4v) is 2.16. The quantitative estimate of drug-likeness (QED) is 0.724. The van der Waals surface area contributed by atoms with Crippen molar-refractivity contribution in [2.24, 2.45) is 0 Å². The lowest BCUT2D eigenvalue weighted by Gasteiger charge is -2.08. The number of carbonyl (C=O) groups excluding carboxylic acids is 3. The maximum absolute atomic E-state index is 13.5. The van der Waals surface area contributed by atoms with E-state index in [0.717, 1.165) is 11.6 Å². The van der Waals surface area contributed by atoms with E-state index in [-0.39, 0.29) is 29.6 Å². The highest BCUT2D eigenvalue weighted by Crippen LogP contribution is 2.19. The third kappa shape index (κ3) is 6.52. The average molecular weight is 379 g/mol. The third-order valence-corrected chi connectivity index (χ3v) is 3.44. The Morgan fingerprint density at radius 3 is 2.50 bits per heavy atom. The topological polar surface area (TPSA) is 84.5 Å². The molecule has 2 aromatic carbocycles. The Morgan fingerprint density at radius 1 is 1.04 bits per heavy atom. The number of anilines is 1. The molecule has 2 rings (SSSR count). The van der Waals surface area contributed by atoms with Gasteiger partial charge in [-0.05, 0) is 23.8 Å². The van der Waals surface area contributed by atoms with E-state index in [2.05, 4.69) is 10.6 Å². The number of nitrogens with one attached hydrogen (secondary N) is 2. The van der Waals surface area contributed by atoms with Crippen molar-refractivity contribution < 1.29 is 23.5 Å². The van der Waals surface area contributed by atoms with E-state index in [0.29, 0.717) is 0 Å². The highest BCUT2D eigenvalue weighted by molar-refractivity contribution is 6.30. The summed E-state index contributed by atoms with van der Waals surface area (Å²) in [5.74, 6) is -2.52. The summed E-state index contributed by atoms with van der Waals surface area (Å²) in [4.78, 5) is 35.0. The molecule has 0 atom stereocenters. The predicted molar refractivity (Wildman–Crippen MR) is 94.2 cm³/mol. The molecule has 136 valence electrons. The number of carbonyl (C=O) groups is 3. The SMILES string of the molecule is O=C(Cc1ccccc1)NCC(=O)OCC(=O)Nc1cc(Cl)ccc1F. The lowest BCUT2D eigenvalue weighted by molar-refractivity contribution is -0.147. The summed E-state index contributed by atoms with van der Waals surface area (Å²) in [6, 6.07) is 12.7.